The fraction of sp³-hybridized carbons (Fsp3) is 0.647. The van der Waals surface area contributed by atoms with Gasteiger partial charge in [-0.25, -0.2) is 0 Å². The first kappa shape index (κ1) is 13.6. The smallest absolute Gasteiger partial charge is 0.0414 e. The van der Waals surface area contributed by atoms with Crippen molar-refractivity contribution in [2.75, 3.05) is 0 Å². The molecule has 0 aromatic heterocycles. The Bertz CT molecular complexity index is 422. The molecule has 1 aromatic rings. The quantitative estimate of drug-likeness (QED) is 0.782. The van der Waals surface area contributed by atoms with Crippen molar-refractivity contribution in [1.29, 1.82) is 0 Å². The van der Waals surface area contributed by atoms with Crippen molar-refractivity contribution in [3.63, 3.8) is 0 Å². The third-order valence-electron chi connectivity index (χ3n) is 4.37. The lowest BCUT2D eigenvalue weighted by atomic mass is 9.81. The van der Waals surface area contributed by atoms with Crippen molar-refractivity contribution in [1.82, 2.24) is 0 Å². The van der Waals surface area contributed by atoms with E-state index in [1.807, 2.05) is 0 Å². The molecule has 100 valence electrons. The summed E-state index contributed by atoms with van der Waals surface area (Å²) in [5, 5.41) is 0. The van der Waals surface area contributed by atoms with Crippen molar-refractivity contribution in [2.45, 2.75) is 64.8 Å². The fourth-order valence-electron chi connectivity index (χ4n) is 3.14. The van der Waals surface area contributed by atoms with Crippen LogP contribution in [0.2, 0.25) is 0 Å². The van der Waals surface area contributed by atoms with Crippen LogP contribution < -0.4 is 5.73 Å². The van der Waals surface area contributed by atoms with E-state index in [9.17, 15) is 0 Å². The van der Waals surface area contributed by atoms with Gasteiger partial charge in [-0.1, -0.05) is 58.9 Å². The molecule has 1 aromatic carbocycles. The summed E-state index contributed by atoms with van der Waals surface area (Å²) in [6.07, 6.45) is 3.42. The summed E-state index contributed by atoms with van der Waals surface area (Å²) in [5.41, 5.74) is 9.80. The average molecular weight is 245 g/mol. The molecule has 2 rings (SSSR count). The summed E-state index contributed by atoms with van der Waals surface area (Å²) in [7, 11) is 0. The maximum atomic E-state index is 6.62. The van der Waals surface area contributed by atoms with Crippen LogP contribution in [0.5, 0.6) is 0 Å². The van der Waals surface area contributed by atoms with Gasteiger partial charge in [0, 0.05) is 5.54 Å². The zero-order chi connectivity index (χ0) is 13.6. The molecular formula is C17H27N. The highest BCUT2D eigenvalue weighted by molar-refractivity contribution is 5.32. The van der Waals surface area contributed by atoms with Crippen LogP contribution in [0.3, 0.4) is 0 Å². The monoisotopic (exact) mass is 245 g/mol. The van der Waals surface area contributed by atoms with Gasteiger partial charge in [-0.2, -0.15) is 0 Å². The van der Waals surface area contributed by atoms with Gasteiger partial charge in [-0.3, -0.25) is 0 Å². The Morgan fingerprint density at radius 2 is 1.56 bits per heavy atom. The maximum absolute atomic E-state index is 6.62. The van der Waals surface area contributed by atoms with Crippen LogP contribution >= 0.6 is 0 Å². The second-order valence-corrected chi connectivity index (χ2v) is 7.82. The van der Waals surface area contributed by atoms with Gasteiger partial charge < -0.3 is 5.73 Å². The molecule has 1 unspecified atom stereocenters. The highest BCUT2D eigenvalue weighted by Crippen LogP contribution is 2.47. The Labute approximate surface area is 112 Å². The van der Waals surface area contributed by atoms with Crippen LogP contribution in [0.25, 0.3) is 0 Å². The van der Waals surface area contributed by atoms with E-state index in [1.54, 1.807) is 0 Å². The van der Waals surface area contributed by atoms with Crippen molar-refractivity contribution < 1.29 is 0 Å². The van der Waals surface area contributed by atoms with Gasteiger partial charge in [0.1, 0.15) is 0 Å². The summed E-state index contributed by atoms with van der Waals surface area (Å²) in [5.74, 6) is 0. The number of nitrogens with two attached hydrogens (primary N) is 1. The number of rotatable bonds is 1. The van der Waals surface area contributed by atoms with Crippen LogP contribution in [0, 0.1) is 5.41 Å². The summed E-state index contributed by atoms with van der Waals surface area (Å²) in [4.78, 5) is 0. The van der Waals surface area contributed by atoms with Crippen LogP contribution in [0.4, 0.5) is 0 Å². The molecule has 0 bridgehead atoms. The summed E-state index contributed by atoms with van der Waals surface area (Å²) < 4.78 is 0. The molecule has 0 radical (unpaired) electrons. The third-order valence-corrected chi connectivity index (χ3v) is 4.37. The fourth-order valence-corrected chi connectivity index (χ4v) is 3.14. The first-order valence-electron chi connectivity index (χ1n) is 7.02. The molecule has 2 N–H and O–H groups in total. The number of benzene rings is 1. The van der Waals surface area contributed by atoms with E-state index in [4.69, 9.17) is 5.73 Å². The Hall–Kier alpha value is -0.820. The zero-order valence-electron chi connectivity index (χ0n) is 12.5. The Morgan fingerprint density at radius 1 is 1.00 bits per heavy atom. The van der Waals surface area contributed by atoms with Crippen LogP contribution in [0.1, 0.15) is 65.0 Å². The lowest BCUT2D eigenvalue weighted by molar-refractivity contribution is 0.339. The highest BCUT2D eigenvalue weighted by atomic mass is 14.8. The molecule has 0 heterocycles. The second-order valence-electron chi connectivity index (χ2n) is 7.82. The molecule has 1 atom stereocenters. The standard InChI is InChI=1S/C17H27N/c1-15(2,3)13-6-8-14(9-7-13)17(18)11-10-16(4,5)12-17/h6-9H,10-12,18H2,1-5H3. The van der Waals surface area contributed by atoms with E-state index in [0.29, 0.717) is 5.41 Å². The molecule has 1 saturated carbocycles. The minimum Gasteiger partial charge on any atom is -0.321 e. The molecule has 1 aliphatic rings. The largest absolute Gasteiger partial charge is 0.321 e. The van der Waals surface area contributed by atoms with Gasteiger partial charge in [0.05, 0.1) is 0 Å². The molecule has 0 amide bonds. The Kier molecular flexibility index (Phi) is 3.09. The van der Waals surface area contributed by atoms with E-state index in [1.165, 1.54) is 17.5 Å². The van der Waals surface area contributed by atoms with Crippen molar-refractivity contribution in [2.24, 2.45) is 11.1 Å². The lowest BCUT2D eigenvalue weighted by Gasteiger charge is -2.28. The Morgan fingerprint density at radius 3 is 1.94 bits per heavy atom. The average Bonchev–Trinajstić information content (AvgIpc) is 2.53. The predicted octanol–water partition coefficient (Wildman–Crippen LogP) is 4.35. The van der Waals surface area contributed by atoms with Gasteiger partial charge >= 0.3 is 0 Å². The predicted molar refractivity (Wildman–Crippen MR) is 78.6 cm³/mol. The molecular weight excluding hydrogens is 218 g/mol. The second kappa shape index (κ2) is 4.09. The van der Waals surface area contributed by atoms with Crippen LogP contribution in [-0.2, 0) is 11.0 Å². The van der Waals surface area contributed by atoms with Gasteiger partial charge in [0.25, 0.3) is 0 Å². The minimum absolute atomic E-state index is 0.111. The van der Waals surface area contributed by atoms with Gasteiger partial charge in [0.2, 0.25) is 0 Å². The maximum Gasteiger partial charge on any atom is 0.0414 e. The van der Waals surface area contributed by atoms with E-state index in [-0.39, 0.29) is 11.0 Å². The van der Waals surface area contributed by atoms with E-state index in [0.717, 1.165) is 12.8 Å². The summed E-state index contributed by atoms with van der Waals surface area (Å²) in [6, 6.07) is 8.97. The first-order valence-corrected chi connectivity index (χ1v) is 7.02. The molecule has 1 aliphatic carbocycles. The van der Waals surface area contributed by atoms with Crippen molar-refractivity contribution in [3.8, 4) is 0 Å². The minimum atomic E-state index is -0.111. The van der Waals surface area contributed by atoms with Crippen molar-refractivity contribution in [3.05, 3.63) is 35.4 Å². The van der Waals surface area contributed by atoms with E-state index in [2.05, 4.69) is 58.9 Å². The SMILES string of the molecule is CC1(C)CCC(N)(c2ccc(C(C)(C)C)cc2)C1. The topological polar surface area (TPSA) is 26.0 Å². The molecule has 0 aliphatic heterocycles. The summed E-state index contributed by atoms with van der Waals surface area (Å²) >= 11 is 0. The molecule has 0 saturated heterocycles. The van der Waals surface area contributed by atoms with E-state index < -0.39 is 0 Å². The van der Waals surface area contributed by atoms with Crippen molar-refractivity contribution >= 4 is 0 Å². The van der Waals surface area contributed by atoms with Crippen LogP contribution in [0.15, 0.2) is 24.3 Å². The number of hydrogen-bond donors (Lipinski definition) is 1. The molecule has 1 nitrogen and oxygen atoms in total. The normalized spacial score (nSPS) is 27.4. The molecule has 1 heteroatoms. The Balaban J connectivity index is 2.26. The van der Waals surface area contributed by atoms with Gasteiger partial charge in [-0.05, 0) is 41.2 Å². The summed E-state index contributed by atoms with van der Waals surface area (Å²) in [6.45, 7) is 11.4. The molecule has 0 spiro atoms. The van der Waals surface area contributed by atoms with Crippen LogP contribution in [-0.4, -0.2) is 0 Å². The highest BCUT2D eigenvalue weighted by Gasteiger charge is 2.41. The van der Waals surface area contributed by atoms with Gasteiger partial charge in [-0.15, -0.1) is 0 Å². The zero-order valence-corrected chi connectivity index (χ0v) is 12.5. The molecule has 1 fully saturated rings. The number of hydrogen-bond acceptors (Lipinski definition) is 1. The third kappa shape index (κ3) is 2.61. The lowest BCUT2D eigenvalue weighted by Crippen LogP contribution is -2.34. The molecule has 18 heavy (non-hydrogen) atoms. The van der Waals surface area contributed by atoms with Gasteiger partial charge in [0.15, 0.2) is 0 Å². The van der Waals surface area contributed by atoms with E-state index >= 15 is 0 Å². The first-order chi connectivity index (χ1) is 8.12.